The SMILES string of the molecule is COc1ccc(S(=O)(=O)N(CC(C)C)CC(O)C(Cc2ccccc2)N(C(=O)CN(C)C)[C@H](C(N)=O)C(C)(C)C)cc1. The molecule has 2 unspecified atom stereocenters. The number of nitrogens with two attached hydrogens (primary N) is 1. The molecule has 3 N–H and O–H groups in total. The number of carbonyl (C=O) groups is 2. The van der Waals surface area contributed by atoms with E-state index in [-0.39, 0.29) is 36.9 Å². The summed E-state index contributed by atoms with van der Waals surface area (Å²) in [4.78, 5) is 29.9. The molecule has 234 valence electrons. The number of carbonyl (C=O) groups excluding carboxylic acids is 2. The summed E-state index contributed by atoms with van der Waals surface area (Å²) in [5.41, 5.74) is 5.96. The summed E-state index contributed by atoms with van der Waals surface area (Å²) in [6, 6.07) is 13.3. The number of benzene rings is 2. The Hall–Kier alpha value is -2.99. The molecule has 0 saturated heterocycles. The zero-order valence-corrected chi connectivity index (χ0v) is 27.0. The fourth-order valence-electron chi connectivity index (χ4n) is 5.03. The largest absolute Gasteiger partial charge is 0.497 e. The molecule has 0 aliphatic carbocycles. The van der Waals surface area contributed by atoms with Crippen LogP contribution in [-0.4, -0.2) is 98.5 Å². The van der Waals surface area contributed by atoms with Gasteiger partial charge in [0.25, 0.3) is 0 Å². The molecule has 2 rings (SSSR count). The van der Waals surface area contributed by atoms with E-state index in [1.54, 1.807) is 31.1 Å². The van der Waals surface area contributed by atoms with Gasteiger partial charge >= 0.3 is 0 Å². The van der Waals surface area contributed by atoms with E-state index in [2.05, 4.69) is 0 Å². The quantitative estimate of drug-likeness (QED) is 0.319. The van der Waals surface area contributed by atoms with Gasteiger partial charge < -0.3 is 25.4 Å². The average Bonchev–Trinajstić information content (AvgIpc) is 2.89. The molecule has 2 aromatic carbocycles. The van der Waals surface area contributed by atoms with E-state index in [4.69, 9.17) is 10.5 Å². The predicted octanol–water partition coefficient (Wildman–Crippen LogP) is 2.60. The molecule has 0 spiro atoms. The molecule has 0 aliphatic rings. The average molecular weight is 605 g/mol. The Balaban J connectivity index is 2.66. The summed E-state index contributed by atoms with van der Waals surface area (Å²) in [5.74, 6) is -0.642. The van der Waals surface area contributed by atoms with E-state index >= 15 is 0 Å². The molecule has 11 heteroatoms. The van der Waals surface area contributed by atoms with Crippen molar-refractivity contribution in [2.24, 2.45) is 17.1 Å². The minimum atomic E-state index is -4.04. The predicted molar refractivity (Wildman–Crippen MR) is 164 cm³/mol. The van der Waals surface area contributed by atoms with Gasteiger partial charge in [0.2, 0.25) is 21.8 Å². The molecule has 2 aromatic rings. The Morgan fingerprint density at radius 2 is 1.55 bits per heavy atom. The number of ether oxygens (including phenoxy) is 1. The summed E-state index contributed by atoms with van der Waals surface area (Å²) in [5, 5.41) is 11.9. The van der Waals surface area contributed by atoms with Crippen LogP contribution in [0.5, 0.6) is 5.75 Å². The van der Waals surface area contributed by atoms with E-state index in [1.807, 2.05) is 65.0 Å². The number of aliphatic hydroxyl groups excluding tert-OH is 1. The number of nitrogens with zero attached hydrogens (tertiary/aromatic N) is 3. The molecule has 0 fully saturated rings. The van der Waals surface area contributed by atoms with Crippen LogP contribution in [0.4, 0.5) is 0 Å². The molecule has 2 amide bonds. The van der Waals surface area contributed by atoms with Gasteiger partial charge in [0.05, 0.1) is 30.7 Å². The van der Waals surface area contributed by atoms with Gasteiger partial charge in [-0.2, -0.15) is 4.31 Å². The van der Waals surface area contributed by atoms with Gasteiger partial charge in [-0.3, -0.25) is 9.59 Å². The van der Waals surface area contributed by atoms with Crippen LogP contribution < -0.4 is 10.5 Å². The molecular weight excluding hydrogens is 556 g/mol. The van der Waals surface area contributed by atoms with Crippen molar-refractivity contribution in [3.8, 4) is 5.75 Å². The maximum absolute atomic E-state index is 13.8. The number of methoxy groups -OCH3 is 1. The third-order valence-electron chi connectivity index (χ3n) is 6.85. The molecule has 0 bridgehead atoms. The lowest BCUT2D eigenvalue weighted by molar-refractivity contribution is -0.150. The lowest BCUT2D eigenvalue weighted by Gasteiger charge is -2.45. The van der Waals surface area contributed by atoms with Crippen LogP contribution in [-0.2, 0) is 26.0 Å². The van der Waals surface area contributed by atoms with E-state index in [9.17, 15) is 23.1 Å². The fourth-order valence-corrected chi connectivity index (χ4v) is 6.66. The highest BCUT2D eigenvalue weighted by atomic mass is 32.2. The zero-order valence-electron chi connectivity index (χ0n) is 26.1. The lowest BCUT2D eigenvalue weighted by atomic mass is 9.83. The summed E-state index contributed by atoms with van der Waals surface area (Å²) in [7, 11) is 0.934. The van der Waals surface area contributed by atoms with Crippen molar-refractivity contribution in [3.05, 3.63) is 60.2 Å². The Morgan fingerprint density at radius 1 is 0.976 bits per heavy atom. The Kier molecular flexibility index (Phi) is 12.5. The summed E-state index contributed by atoms with van der Waals surface area (Å²) >= 11 is 0. The first-order chi connectivity index (χ1) is 19.5. The number of rotatable bonds is 15. The zero-order chi connectivity index (χ0) is 31.8. The second kappa shape index (κ2) is 15.0. The van der Waals surface area contributed by atoms with E-state index in [0.29, 0.717) is 5.75 Å². The van der Waals surface area contributed by atoms with Crippen molar-refractivity contribution < 1.29 is 27.9 Å². The lowest BCUT2D eigenvalue weighted by Crippen LogP contribution is -2.63. The molecule has 3 atom stereocenters. The van der Waals surface area contributed by atoms with Crippen LogP contribution in [0.25, 0.3) is 0 Å². The topological polar surface area (TPSA) is 133 Å². The number of hydrogen-bond acceptors (Lipinski definition) is 7. The first kappa shape index (κ1) is 35.2. The van der Waals surface area contributed by atoms with Crippen molar-refractivity contribution >= 4 is 21.8 Å². The normalized spacial score (nSPS) is 14.6. The first-order valence-electron chi connectivity index (χ1n) is 14.1. The van der Waals surface area contributed by atoms with Crippen LogP contribution in [0.1, 0.15) is 40.2 Å². The molecular formula is C31H48N4O6S. The Bertz CT molecular complexity index is 1260. The fraction of sp³-hybridized carbons (Fsp3) is 0.548. The van der Waals surface area contributed by atoms with Gasteiger partial charge in [-0.25, -0.2) is 8.42 Å². The van der Waals surface area contributed by atoms with Crippen molar-refractivity contribution in [3.63, 3.8) is 0 Å². The van der Waals surface area contributed by atoms with Gasteiger partial charge in [0.1, 0.15) is 11.8 Å². The smallest absolute Gasteiger partial charge is 0.243 e. The van der Waals surface area contributed by atoms with Crippen LogP contribution in [0.15, 0.2) is 59.5 Å². The third-order valence-corrected chi connectivity index (χ3v) is 8.70. The number of primary amides is 1. The first-order valence-corrected chi connectivity index (χ1v) is 15.5. The monoisotopic (exact) mass is 604 g/mol. The number of hydrogen-bond donors (Lipinski definition) is 2. The molecule has 10 nitrogen and oxygen atoms in total. The van der Waals surface area contributed by atoms with Crippen LogP contribution in [0.2, 0.25) is 0 Å². The molecule has 0 radical (unpaired) electrons. The Morgan fingerprint density at radius 3 is 2.00 bits per heavy atom. The summed E-state index contributed by atoms with van der Waals surface area (Å²) in [6.07, 6.45) is -1.17. The highest BCUT2D eigenvalue weighted by Gasteiger charge is 2.44. The van der Waals surface area contributed by atoms with Gasteiger partial charge in [0, 0.05) is 13.1 Å². The minimum absolute atomic E-state index is 0.0300. The van der Waals surface area contributed by atoms with Crippen LogP contribution >= 0.6 is 0 Å². The second-order valence-electron chi connectivity index (χ2n) is 12.4. The van der Waals surface area contributed by atoms with Crippen molar-refractivity contribution in [1.29, 1.82) is 0 Å². The van der Waals surface area contributed by atoms with Crippen molar-refractivity contribution in [1.82, 2.24) is 14.1 Å². The number of sulfonamides is 1. The highest BCUT2D eigenvalue weighted by Crippen LogP contribution is 2.30. The van der Waals surface area contributed by atoms with E-state index in [1.165, 1.54) is 28.4 Å². The second-order valence-corrected chi connectivity index (χ2v) is 14.4. The maximum Gasteiger partial charge on any atom is 0.243 e. The molecule has 42 heavy (non-hydrogen) atoms. The number of likely N-dealkylation sites (N-methyl/N-ethyl adjacent to an activating group) is 1. The van der Waals surface area contributed by atoms with Gasteiger partial charge in [-0.1, -0.05) is 65.0 Å². The number of aliphatic hydroxyl groups is 1. The molecule has 0 aliphatic heterocycles. The van der Waals surface area contributed by atoms with E-state index in [0.717, 1.165) is 5.56 Å². The van der Waals surface area contributed by atoms with Crippen LogP contribution in [0, 0.1) is 11.3 Å². The van der Waals surface area contributed by atoms with Gasteiger partial charge in [0.15, 0.2) is 0 Å². The van der Waals surface area contributed by atoms with Crippen molar-refractivity contribution in [2.45, 2.75) is 64.1 Å². The highest BCUT2D eigenvalue weighted by molar-refractivity contribution is 7.89. The summed E-state index contributed by atoms with van der Waals surface area (Å²) < 4.78 is 34.1. The Labute approximate surface area is 251 Å². The summed E-state index contributed by atoms with van der Waals surface area (Å²) in [6.45, 7) is 9.01. The van der Waals surface area contributed by atoms with Crippen molar-refractivity contribution in [2.75, 3.05) is 40.8 Å². The third kappa shape index (κ3) is 9.52. The van der Waals surface area contributed by atoms with E-state index < -0.39 is 45.4 Å². The molecule has 0 heterocycles. The number of amides is 2. The standard InChI is InChI=1S/C31H48N4O6S/c1-22(2)19-34(42(39,40)25-16-14-24(41-8)15-17-25)20-27(36)26(18-23-12-10-9-11-13-23)35(28(37)21-33(6)7)29(30(32)38)31(3,4)5/h9-17,22,26-27,29,36H,18-21H2,1-8H3,(H2,32,38)/t26?,27?,29-/m1/s1. The maximum atomic E-state index is 13.8. The molecule has 0 saturated carbocycles. The minimum Gasteiger partial charge on any atom is -0.497 e. The van der Waals surface area contributed by atoms with Gasteiger partial charge in [-0.05, 0) is 61.7 Å². The van der Waals surface area contributed by atoms with Crippen LogP contribution in [0.3, 0.4) is 0 Å². The molecule has 0 aromatic heterocycles. The van der Waals surface area contributed by atoms with Gasteiger partial charge in [-0.15, -0.1) is 0 Å².